The predicted octanol–water partition coefficient (Wildman–Crippen LogP) is 5.53. The molecule has 5 heteroatoms. The van der Waals surface area contributed by atoms with Gasteiger partial charge in [0.05, 0.1) is 6.10 Å². The average Bonchev–Trinajstić information content (AvgIpc) is 2.94. The van der Waals surface area contributed by atoms with Gasteiger partial charge in [0.15, 0.2) is 0 Å². The Morgan fingerprint density at radius 2 is 1.58 bits per heavy atom. The van der Waals surface area contributed by atoms with E-state index in [1.54, 1.807) is 0 Å². The minimum absolute atomic E-state index is 0.0341. The topological polar surface area (TPSA) is 72.8 Å². The van der Waals surface area contributed by atoms with Crippen LogP contribution in [-0.4, -0.2) is 35.4 Å². The maximum Gasteiger partial charge on any atom is 0.302 e. The van der Waals surface area contributed by atoms with Crippen LogP contribution < -0.4 is 0 Å². The number of ether oxygens (including phenoxy) is 2. The lowest BCUT2D eigenvalue weighted by atomic mass is 9.37. The summed E-state index contributed by atoms with van der Waals surface area (Å²) < 4.78 is 11.5. The van der Waals surface area contributed by atoms with Crippen LogP contribution in [0, 0.1) is 45.3 Å². The van der Waals surface area contributed by atoms with Gasteiger partial charge in [-0.05, 0) is 85.9 Å². The Morgan fingerprint density at radius 1 is 0.909 bits per heavy atom. The summed E-state index contributed by atoms with van der Waals surface area (Å²) in [7, 11) is 0. The van der Waals surface area contributed by atoms with Gasteiger partial charge in [-0.25, -0.2) is 0 Å². The summed E-state index contributed by atoms with van der Waals surface area (Å²) in [6.07, 6.45) is 6.53. The molecule has 0 aromatic carbocycles. The van der Waals surface area contributed by atoms with Crippen molar-refractivity contribution in [1.29, 1.82) is 0 Å². The van der Waals surface area contributed by atoms with Gasteiger partial charge in [-0.3, -0.25) is 9.59 Å². The summed E-state index contributed by atoms with van der Waals surface area (Å²) in [5.74, 6) is 1.02. The Kier molecular flexibility index (Phi) is 6.03. The first-order valence-corrected chi connectivity index (χ1v) is 13.2. The molecule has 4 aliphatic rings. The van der Waals surface area contributed by atoms with Crippen molar-refractivity contribution in [3.05, 3.63) is 0 Å². The minimum Gasteiger partial charge on any atom is -0.463 e. The van der Waals surface area contributed by atoms with E-state index in [-0.39, 0.29) is 63.7 Å². The fourth-order valence-electron chi connectivity index (χ4n) is 10.1. The minimum atomic E-state index is -0.355. The first-order chi connectivity index (χ1) is 15.2. The van der Waals surface area contributed by atoms with Gasteiger partial charge in [0.1, 0.15) is 12.2 Å². The van der Waals surface area contributed by atoms with E-state index in [0.717, 1.165) is 44.9 Å². The molecule has 0 radical (unpaired) electrons. The Morgan fingerprint density at radius 3 is 2.18 bits per heavy atom. The predicted molar refractivity (Wildman–Crippen MR) is 127 cm³/mol. The lowest BCUT2D eigenvalue weighted by Crippen LogP contribution is -2.65. The monoisotopic (exact) mass is 462 g/mol. The summed E-state index contributed by atoms with van der Waals surface area (Å²) in [5.41, 5.74) is 0.0103. The maximum absolute atomic E-state index is 11.8. The molecule has 4 fully saturated rings. The molecule has 1 N–H and O–H groups in total. The largest absolute Gasteiger partial charge is 0.463 e. The van der Waals surface area contributed by atoms with Crippen molar-refractivity contribution in [3.8, 4) is 0 Å². The number of carbonyl (C=O) groups is 2. The van der Waals surface area contributed by atoms with E-state index in [1.807, 2.05) is 6.92 Å². The normalized spacial score (nSPS) is 49.2. The molecule has 4 rings (SSSR count). The van der Waals surface area contributed by atoms with Gasteiger partial charge >= 0.3 is 11.9 Å². The molecule has 33 heavy (non-hydrogen) atoms. The van der Waals surface area contributed by atoms with Crippen LogP contribution in [0.2, 0.25) is 0 Å². The second kappa shape index (κ2) is 7.96. The second-order valence-corrected chi connectivity index (χ2v) is 13.3. The standard InChI is InChI=1S/C28H46O5/c1-16(32-17(2)29)19-11-14-27(7)20-9-10-22-25(4,5)23(33-18(3)30)12-13-26(22,6)24(20)21(31)15-28(19,27)8/h16,19-24,31H,9-15H2,1-8H3/t16?,19-,20-,21?,22+,23+,24?,26+,27+,28-/m1/s1. The Labute approximate surface area is 200 Å². The highest BCUT2D eigenvalue weighted by molar-refractivity contribution is 5.66. The molecule has 5 nitrogen and oxygen atoms in total. The molecule has 0 aliphatic heterocycles. The van der Waals surface area contributed by atoms with Gasteiger partial charge in [-0.15, -0.1) is 0 Å². The van der Waals surface area contributed by atoms with E-state index >= 15 is 0 Å². The number of aliphatic hydroxyl groups is 1. The molecule has 0 saturated heterocycles. The zero-order chi connectivity index (χ0) is 24.6. The number of aliphatic hydroxyl groups excluding tert-OH is 1. The average molecular weight is 463 g/mol. The number of hydrogen-bond donors (Lipinski definition) is 1. The molecule has 0 heterocycles. The second-order valence-electron chi connectivity index (χ2n) is 13.3. The molecular weight excluding hydrogens is 416 g/mol. The third-order valence-electron chi connectivity index (χ3n) is 11.6. The van der Waals surface area contributed by atoms with E-state index in [4.69, 9.17) is 9.47 Å². The van der Waals surface area contributed by atoms with Crippen molar-refractivity contribution in [2.45, 2.75) is 119 Å². The van der Waals surface area contributed by atoms with Crippen molar-refractivity contribution in [2.75, 3.05) is 0 Å². The third kappa shape index (κ3) is 3.50. The summed E-state index contributed by atoms with van der Waals surface area (Å²) in [6.45, 7) is 16.8. The van der Waals surface area contributed by atoms with Crippen molar-refractivity contribution in [2.24, 2.45) is 45.3 Å². The fraction of sp³-hybridized carbons (Fsp3) is 0.929. The Bertz CT molecular complexity index is 806. The molecule has 4 aliphatic carbocycles. The lowest BCUT2D eigenvalue weighted by molar-refractivity contribution is -0.239. The summed E-state index contributed by atoms with van der Waals surface area (Å²) in [5, 5.41) is 11.8. The zero-order valence-corrected chi connectivity index (χ0v) is 22.1. The first kappa shape index (κ1) is 25.0. The Hall–Kier alpha value is -1.10. The molecule has 0 spiro atoms. The zero-order valence-electron chi connectivity index (χ0n) is 22.1. The first-order valence-electron chi connectivity index (χ1n) is 13.2. The van der Waals surface area contributed by atoms with Crippen molar-refractivity contribution in [3.63, 3.8) is 0 Å². The number of esters is 2. The molecule has 0 amide bonds. The van der Waals surface area contributed by atoms with Crippen LogP contribution in [0.3, 0.4) is 0 Å². The van der Waals surface area contributed by atoms with Crippen molar-refractivity contribution < 1.29 is 24.2 Å². The number of fused-ring (bicyclic) bond motifs is 5. The number of rotatable bonds is 3. The fourth-order valence-corrected chi connectivity index (χ4v) is 10.1. The van der Waals surface area contributed by atoms with E-state index < -0.39 is 0 Å². The SMILES string of the molecule is CC(=O)OC(C)[C@H]1CC[C@@]2(C)[C@@H]3CC[C@H]4C(C)(C)[C@@H](OC(C)=O)CC[C@]4(C)C3C(O)C[C@]12C. The third-order valence-corrected chi connectivity index (χ3v) is 11.6. The molecule has 3 unspecified atom stereocenters. The van der Waals surface area contributed by atoms with Crippen LogP contribution in [0.4, 0.5) is 0 Å². The van der Waals surface area contributed by atoms with Crippen molar-refractivity contribution >= 4 is 11.9 Å². The van der Waals surface area contributed by atoms with Crippen molar-refractivity contribution in [1.82, 2.24) is 0 Å². The summed E-state index contributed by atoms with van der Waals surface area (Å²) >= 11 is 0. The maximum atomic E-state index is 11.8. The molecule has 0 aromatic rings. The highest BCUT2D eigenvalue weighted by Crippen LogP contribution is 2.74. The summed E-state index contributed by atoms with van der Waals surface area (Å²) in [6, 6.07) is 0. The smallest absolute Gasteiger partial charge is 0.302 e. The van der Waals surface area contributed by atoms with E-state index in [2.05, 4.69) is 34.6 Å². The molecule has 0 aromatic heterocycles. The van der Waals surface area contributed by atoms with E-state index in [1.165, 1.54) is 13.8 Å². The molecular formula is C28H46O5. The van der Waals surface area contributed by atoms with E-state index in [0.29, 0.717) is 11.8 Å². The van der Waals surface area contributed by atoms with Gasteiger partial charge in [0.2, 0.25) is 0 Å². The quantitative estimate of drug-likeness (QED) is 0.559. The van der Waals surface area contributed by atoms with E-state index in [9.17, 15) is 14.7 Å². The van der Waals surface area contributed by atoms with Gasteiger partial charge in [-0.1, -0.05) is 34.6 Å². The lowest BCUT2D eigenvalue weighted by Gasteiger charge is -2.68. The molecule has 188 valence electrons. The van der Waals surface area contributed by atoms with Gasteiger partial charge in [0.25, 0.3) is 0 Å². The number of carbonyl (C=O) groups excluding carboxylic acids is 2. The van der Waals surface area contributed by atoms with Crippen LogP contribution in [-0.2, 0) is 19.1 Å². The summed E-state index contributed by atoms with van der Waals surface area (Å²) in [4.78, 5) is 23.5. The van der Waals surface area contributed by atoms with Gasteiger partial charge < -0.3 is 14.6 Å². The Balaban J connectivity index is 1.66. The molecule has 4 saturated carbocycles. The molecule has 10 atom stereocenters. The van der Waals surface area contributed by atoms with Crippen LogP contribution in [0.15, 0.2) is 0 Å². The van der Waals surface area contributed by atoms with Crippen LogP contribution >= 0.6 is 0 Å². The van der Waals surface area contributed by atoms with Crippen LogP contribution in [0.25, 0.3) is 0 Å². The number of hydrogen-bond acceptors (Lipinski definition) is 5. The van der Waals surface area contributed by atoms with Crippen LogP contribution in [0.5, 0.6) is 0 Å². The highest BCUT2D eigenvalue weighted by Gasteiger charge is 2.70. The molecule has 0 bridgehead atoms. The highest BCUT2D eigenvalue weighted by atomic mass is 16.5. The van der Waals surface area contributed by atoms with Crippen LogP contribution in [0.1, 0.15) is 100 Å². The van der Waals surface area contributed by atoms with Gasteiger partial charge in [0, 0.05) is 25.2 Å². The van der Waals surface area contributed by atoms with Gasteiger partial charge in [-0.2, -0.15) is 0 Å².